The van der Waals surface area contributed by atoms with Crippen LogP contribution in [-0.2, 0) is 18.3 Å². The fourth-order valence-corrected chi connectivity index (χ4v) is 3.36. The van der Waals surface area contributed by atoms with E-state index in [1.807, 2.05) is 13.0 Å². The molecule has 0 saturated heterocycles. The van der Waals surface area contributed by atoms with E-state index in [4.69, 9.17) is 13.9 Å². The summed E-state index contributed by atoms with van der Waals surface area (Å²) in [6.45, 7) is 2.94. The third kappa shape index (κ3) is 4.26. The summed E-state index contributed by atoms with van der Waals surface area (Å²) in [5, 5.41) is 8.10. The minimum atomic E-state index is -0.247. The first-order valence-corrected chi connectivity index (χ1v) is 9.80. The number of amides is 1. The minimum Gasteiger partial charge on any atom is -0.475 e. The van der Waals surface area contributed by atoms with Gasteiger partial charge in [0.25, 0.3) is 5.91 Å². The maximum Gasteiger partial charge on any atom is 0.252 e. The summed E-state index contributed by atoms with van der Waals surface area (Å²) in [6.07, 6.45) is 3.22. The van der Waals surface area contributed by atoms with E-state index >= 15 is 0 Å². The average molecular weight is 421 g/mol. The van der Waals surface area contributed by atoms with E-state index in [0.717, 1.165) is 11.3 Å². The number of carbonyl (C=O) groups excluding carboxylic acids is 1. The van der Waals surface area contributed by atoms with Gasteiger partial charge in [0, 0.05) is 32.5 Å². The molecule has 0 saturated carbocycles. The van der Waals surface area contributed by atoms with E-state index < -0.39 is 0 Å². The minimum absolute atomic E-state index is 0.247. The van der Waals surface area contributed by atoms with E-state index in [9.17, 15) is 4.79 Å². The van der Waals surface area contributed by atoms with Crippen molar-refractivity contribution in [1.29, 1.82) is 0 Å². The largest absolute Gasteiger partial charge is 0.475 e. The number of hydrogen-bond acceptors (Lipinski definition) is 7. The summed E-state index contributed by atoms with van der Waals surface area (Å²) in [7, 11) is 3.41. The first-order chi connectivity index (χ1) is 15.1. The molecule has 0 aromatic carbocycles. The van der Waals surface area contributed by atoms with Crippen LogP contribution in [0.2, 0.25) is 0 Å². The summed E-state index contributed by atoms with van der Waals surface area (Å²) in [5.74, 6) is 0.799. The monoisotopic (exact) mass is 421 g/mol. The van der Waals surface area contributed by atoms with Crippen LogP contribution >= 0.6 is 0 Å². The fraction of sp³-hybridized carbons (Fsp3) is 0.273. The third-order valence-electron chi connectivity index (χ3n) is 4.80. The maximum atomic E-state index is 13.2. The van der Waals surface area contributed by atoms with E-state index in [2.05, 4.69) is 20.4 Å². The predicted molar refractivity (Wildman–Crippen MR) is 114 cm³/mol. The molecule has 1 amide bonds. The predicted octanol–water partition coefficient (Wildman–Crippen LogP) is 2.89. The quantitative estimate of drug-likeness (QED) is 0.436. The molecule has 0 atom stereocenters. The molecule has 4 aromatic heterocycles. The Labute approximate surface area is 179 Å². The first-order valence-electron chi connectivity index (χ1n) is 9.80. The Hall–Kier alpha value is -3.72. The van der Waals surface area contributed by atoms with E-state index in [0.29, 0.717) is 47.1 Å². The molecule has 4 aromatic rings. The third-order valence-corrected chi connectivity index (χ3v) is 4.80. The second-order valence-electron chi connectivity index (χ2n) is 6.93. The van der Waals surface area contributed by atoms with Crippen LogP contribution in [0.5, 0.6) is 5.88 Å². The maximum absolute atomic E-state index is 13.2. The number of fused-ring (bicyclic) bond motifs is 1. The Morgan fingerprint density at radius 1 is 1.26 bits per heavy atom. The molecule has 31 heavy (non-hydrogen) atoms. The molecule has 0 fully saturated rings. The van der Waals surface area contributed by atoms with Gasteiger partial charge >= 0.3 is 0 Å². The molecular weight excluding hydrogens is 398 g/mol. The van der Waals surface area contributed by atoms with Gasteiger partial charge in [-0.05, 0) is 31.2 Å². The first kappa shape index (κ1) is 20.5. The lowest BCUT2D eigenvalue weighted by Gasteiger charge is -2.12. The van der Waals surface area contributed by atoms with Crippen LogP contribution in [0.3, 0.4) is 0 Å². The van der Waals surface area contributed by atoms with Crippen molar-refractivity contribution in [3.05, 3.63) is 59.6 Å². The van der Waals surface area contributed by atoms with Gasteiger partial charge in [-0.25, -0.2) is 9.97 Å². The SMILES string of the molecule is COCCOc1ncccc1CNC(=O)c1cc(-c2ccco2)nc2c1c(C)nn2C. The summed E-state index contributed by atoms with van der Waals surface area (Å²) in [5.41, 5.74) is 3.16. The number of methoxy groups -OCH3 is 1. The molecule has 0 aliphatic heterocycles. The van der Waals surface area contributed by atoms with Gasteiger partial charge in [-0.15, -0.1) is 0 Å². The van der Waals surface area contributed by atoms with Gasteiger partial charge in [-0.1, -0.05) is 6.07 Å². The van der Waals surface area contributed by atoms with Gasteiger partial charge < -0.3 is 19.2 Å². The molecule has 0 aliphatic carbocycles. The van der Waals surface area contributed by atoms with Crippen molar-refractivity contribution >= 4 is 16.9 Å². The lowest BCUT2D eigenvalue weighted by Crippen LogP contribution is -2.24. The molecule has 9 heteroatoms. The molecule has 0 bridgehead atoms. The van der Waals surface area contributed by atoms with Gasteiger partial charge in [0.05, 0.1) is 29.5 Å². The van der Waals surface area contributed by atoms with Crippen molar-refractivity contribution in [2.75, 3.05) is 20.3 Å². The number of aryl methyl sites for hydroxylation is 2. The highest BCUT2D eigenvalue weighted by atomic mass is 16.5. The van der Waals surface area contributed by atoms with Crippen LogP contribution < -0.4 is 10.1 Å². The van der Waals surface area contributed by atoms with Crippen LogP contribution in [-0.4, -0.2) is 46.0 Å². The van der Waals surface area contributed by atoms with Crippen LogP contribution in [0.25, 0.3) is 22.5 Å². The second kappa shape index (κ2) is 8.97. The van der Waals surface area contributed by atoms with E-state index in [1.165, 1.54) is 0 Å². The molecule has 0 spiro atoms. The Balaban J connectivity index is 1.63. The molecule has 9 nitrogen and oxygen atoms in total. The van der Waals surface area contributed by atoms with Crippen LogP contribution in [0.15, 0.2) is 47.2 Å². The summed E-state index contributed by atoms with van der Waals surface area (Å²) in [6, 6.07) is 8.97. The Kier molecular flexibility index (Phi) is 5.94. The molecule has 1 N–H and O–H groups in total. The molecular formula is C22H23N5O4. The number of furan rings is 1. The smallest absolute Gasteiger partial charge is 0.252 e. The summed E-state index contributed by atoms with van der Waals surface area (Å²) < 4.78 is 17.8. The number of hydrogen-bond donors (Lipinski definition) is 1. The van der Waals surface area contributed by atoms with Crippen molar-refractivity contribution in [2.24, 2.45) is 7.05 Å². The number of rotatable bonds is 8. The number of nitrogens with zero attached hydrogens (tertiary/aromatic N) is 4. The molecule has 4 rings (SSSR count). The zero-order valence-corrected chi connectivity index (χ0v) is 17.6. The zero-order valence-electron chi connectivity index (χ0n) is 17.6. The van der Waals surface area contributed by atoms with Crippen LogP contribution in [0.4, 0.5) is 0 Å². The highest BCUT2D eigenvalue weighted by Gasteiger charge is 2.20. The Bertz CT molecular complexity index is 1200. The Morgan fingerprint density at radius 2 is 2.13 bits per heavy atom. The van der Waals surface area contributed by atoms with Gasteiger partial charge in [-0.3, -0.25) is 9.48 Å². The topological polar surface area (TPSA) is 104 Å². The van der Waals surface area contributed by atoms with Crippen LogP contribution in [0.1, 0.15) is 21.6 Å². The van der Waals surface area contributed by atoms with Crippen molar-refractivity contribution in [2.45, 2.75) is 13.5 Å². The van der Waals surface area contributed by atoms with Crippen LogP contribution in [0, 0.1) is 6.92 Å². The van der Waals surface area contributed by atoms with Gasteiger partial charge in [0.2, 0.25) is 5.88 Å². The number of ether oxygens (including phenoxy) is 2. The van der Waals surface area contributed by atoms with Crippen molar-refractivity contribution in [3.8, 4) is 17.3 Å². The molecule has 4 heterocycles. The van der Waals surface area contributed by atoms with Gasteiger partial charge in [0.1, 0.15) is 12.3 Å². The number of carbonyl (C=O) groups is 1. The zero-order chi connectivity index (χ0) is 21.8. The number of pyridine rings is 2. The summed E-state index contributed by atoms with van der Waals surface area (Å²) in [4.78, 5) is 22.1. The lowest BCUT2D eigenvalue weighted by molar-refractivity contribution is 0.0951. The standard InChI is InChI=1S/C22H23N5O4/c1-14-19-16(12-17(18-7-5-9-30-18)25-20(19)27(2)26-14)21(28)24-13-15-6-4-8-23-22(15)31-11-10-29-3/h4-9,12H,10-11,13H2,1-3H3,(H,24,28). The van der Waals surface area contributed by atoms with Crippen molar-refractivity contribution in [1.82, 2.24) is 25.1 Å². The molecule has 0 unspecified atom stereocenters. The highest BCUT2D eigenvalue weighted by molar-refractivity contribution is 6.07. The number of aromatic nitrogens is 4. The van der Waals surface area contributed by atoms with Crippen molar-refractivity contribution < 1.29 is 18.7 Å². The van der Waals surface area contributed by atoms with E-state index in [1.54, 1.807) is 55.6 Å². The highest BCUT2D eigenvalue weighted by Crippen LogP contribution is 2.27. The lowest BCUT2D eigenvalue weighted by atomic mass is 10.1. The van der Waals surface area contributed by atoms with Crippen molar-refractivity contribution in [3.63, 3.8) is 0 Å². The van der Waals surface area contributed by atoms with Gasteiger partial charge in [-0.2, -0.15) is 5.10 Å². The molecule has 0 radical (unpaired) electrons. The normalized spacial score (nSPS) is 11.1. The Morgan fingerprint density at radius 3 is 2.90 bits per heavy atom. The van der Waals surface area contributed by atoms with Gasteiger partial charge in [0.15, 0.2) is 11.4 Å². The number of nitrogens with one attached hydrogen (secondary N) is 1. The molecule has 160 valence electrons. The molecule has 0 aliphatic rings. The summed E-state index contributed by atoms with van der Waals surface area (Å²) >= 11 is 0. The average Bonchev–Trinajstić information content (AvgIpc) is 3.41. The second-order valence-corrected chi connectivity index (χ2v) is 6.93. The fourth-order valence-electron chi connectivity index (χ4n) is 3.36. The van der Waals surface area contributed by atoms with E-state index in [-0.39, 0.29) is 12.5 Å².